The smallest absolute Gasteiger partial charge is 0.244 e. The molecule has 1 N–H and O–H groups in total. The Balaban J connectivity index is 1.63. The van der Waals surface area contributed by atoms with Gasteiger partial charge in [0.25, 0.3) is 0 Å². The van der Waals surface area contributed by atoms with E-state index in [-0.39, 0.29) is 23.2 Å². The van der Waals surface area contributed by atoms with Gasteiger partial charge in [-0.15, -0.1) is 11.3 Å². The summed E-state index contributed by atoms with van der Waals surface area (Å²) in [6.45, 7) is 2.84. The molecule has 3 fully saturated rings. The highest BCUT2D eigenvalue weighted by molar-refractivity contribution is 7.12. The molecule has 2 aliphatic carbocycles. The third-order valence-corrected chi connectivity index (χ3v) is 6.38. The number of rotatable bonds is 4. The summed E-state index contributed by atoms with van der Waals surface area (Å²) in [6, 6.07) is 4.29. The number of amides is 1. The molecule has 21 heavy (non-hydrogen) atoms. The molecule has 1 aromatic rings. The molecule has 1 unspecified atom stereocenters. The average molecular weight is 306 g/mol. The highest BCUT2D eigenvalue weighted by atomic mass is 32.1. The van der Waals surface area contributed by atoms with Crippen LogP contribution in [0.25, 0.3) is 0 Å². The summed E-state index contributed by atoms with van der Waals surface area (Å²) in [5.41, 5.74) is -0.371. The molecule has 1 aromatic heterocycles. The van der Waals surface area contributed by atoms with Gasteiger partial charge in [-0.05, 0) is 51.2 Å². The van der Waals surface area contributed by atoms with E-state index < -0.39 is 0 Å². The number of thiophene rings is 1. The van der Waals surface area contributed by atoms with Gasteiger partial charge in [-0.2, -0.15) is 0 Å². The zero-order valence-electron chi connectivity index (χ0n) is 12.6. The van der Waals surface area contributed by atoms with Crippen LogP contribution < -0.4 is 5.32 Å². The first-order valence-corrected chi connectivity index (χ1v) is 8.60. The number of ether oxygens (including phenoxy) is 1. The molecule has 1 saturated heterocycles. The van der Waals surface area contributed by atoms with Crippen LogP contribution in [0.15, 0.2) is 12.1 Å². The van der Waals surface area contributed by atoms with Crippen molar-refractivity contribution in [3.8, 4) is 0 Å². The predicted molar refractivity (Wildman–Crippen MR) is 82.2 cm³/mol. The van der Waals surface area contributed by atoms with Crippen LogP contribution in [-0.2, 0) is 9.53 Å². The van der Waals surface area contributed by atoms with Crippen molar-refractivity contribution in [3.05, 3.63) is 21.9 Å². The maximum absolute atomic E-state index is 12.8. The van der Waals surface area contributed by atoms with Gasteiger partial charge in [0.1, 0.15) is 11.7 Å². The van der Waals surface area contributed by atoms with Gasteiger partial charge in [0.15, 0.2) is 0 Å². The Kier molecular flexibility index (Phi) is 2.97. The first-order valence-electron chi connectivity index (χ1n) is 7.78. The molecule has 1 amide bonds. The van der Waals surface area contributed by atoms with E-state index in [0.29, 0.717) is 0 Å². The van der Waals surface area contributed by atoms with Gasteiger partial charge < -0.3 is 9.64 Å². The number of carbonyl (C=O) groups is 1. The first-order chi connectivity index (χ1) is 10.1. The minimum Gasteiger partial charge on any atom is -0.376 e. The lowest BCUT2D eigenvalue weighted by atomic mass is 9.79. The van der Waals surface area contributed by atoms with Crippen molar-refractivity contribution in [2.75, 3.05) is 13.7 Å². The Morgan fingerprint density at radius 1 is 1.38 bits per heavy atom. The van der Waals surface area contributed by atoms with Crippen LogP contribution in [0.4, 0.5) is 0 Å². The van der Waals surface area contributed by atoms with Crippen molar-refractivity contribution in [2.24, 2.45) is 0 Å². The van der Waals surface area contributed by atoms with Crippen LogP contribution in [0.1, 0.15) is 48.0 Å². The van der Waals surface area contributed by atoms with Crippen molar-refractivity contribution >= 4 is 17.2 Å². The highest BCUT2D eigenvalue weighted by Gasteiger charge is 2.60. The van der Waals surface area contributed by atoms with Crippen molar-refractivity contribution in [2.45, 2.75) is 56.3 Å². The Hall–Kier alpha value is -0.910. The topological polar surface area (TPSA) is 41.6 Å². The van der Waals surface area contributed by atoms with Crippen molar-refractivity contribution < 1.29 is 9.53 Å². The lowest BCUT2D eigenvalue weighted by Gasteiger charge is -2.44. The molecule has 4 rings (SSSR count). The number of nitrogens with one attached hydrogen (secondary N) is 1. The monoisotopic (exact) mass is 306 g/mol. The van der Waals surface area contributed by atoms with Crippen molar-refractivity contribution in [1.29, 1.82) is 0 Å². The van der Waals surface area contributed by atoms with E-state index in [9.17, 15) is 4.79 Å². The molecular weight excluding hydrogens is 284 g/mol. The van der Waals surface area contributed by atoms with Crippen LogP contribution in [-0.4, -0.2) is 35.6 Å². The van der Waals surface area contributed by atoms with Gasteiger partial charge in [0, 0.05) is 16.9 Å². The van der Waals surface area contributed by atoms with Gasteiger partial charge in [0.2, 0.25) is 5.91 Å². The second-order valence-electron chi connectivity index (χ2n) is 6.75. The second-order valence-corrected chi connectivity index (χ2v) is 8.07. The Labute approximate surface area is 129 Å². The molecule has 0 aromatic carbocycles. The zero-order valence-corrected chi connectivity index (χ0v) is 13.5. The molecule has 4 nitrogen and oxygen atoms in total. The summed E-state index contributed by atoms with van der Waals surface area (Å²) in [4.78, 5) is 17.4. The van der Waals surface area contributed by atoms with E-state index in [2.05, 4.69) is 24.4 Å². The van der Waals surface area contributed by atoms with Crippen molar-refractivity contribution in [1.82, 2.24) is 10.2 Å². The second kappa shape index (κ2) is 4.54. The molecular formula is C16H22N2O2S. The third kappa shape index (κ3) is 2.05. The summed E-state index contributed by atoms with van der Waals surface area (Å²) < 4.78 is 5.74. The number of carbonyl (C=O) groups excluding carboxylic acids is 1. The van der Waals surface area contributed by atoms with Gasteiger partial charge >= 0.3 is 0 Å². The van der Waals surface area contributed by atoms with E-state index in [4.69, 9.17) is 4.74 Å². The molecule has 1 atom stereocenters. The molecule has 1 spiro atoms. The summed E-state index contributed by atoms with van der Waals surface area (Å²) >= 11 is 1.78. The largest absolute Gasteiger partial charge is 0.376 e. The fraction of sp³-hybridized carbons (Fsp3) is 0.688. The molecule has 3 aliphatic rings. The lowest BCUT2D eigenvalue weighted by Crippen LogP contribution is -2.51. The van der Waals surface area contributed by atoms with Crippen LogP contribution in [0.2, 0.25) is 0 Å². The molecule has 5 heteroatoms. The summed E-state index contributed by atoms with van der Waals surface area (Å²) in [5, 5.41) is 3.60. The Morgan fingerprint density at radius 3 is 2.62 bits per heavy atom. The summed E-state index contributed by atoms with van der Waals surface area (Å²) in [5.74, 6) is 0.280. The third-order valence-electron chi connectivity index (χ3n) is 5.33. The number of aryl methyl sites for hydroxylation is 1. The molecule has 0 bridgehead atoms. The molecule has 2 heterocycles. The lowest BCUT2D eigenvalue weighted by molar-refractivity contribution is -0.140. The first kappa shape index (κ1) is 13.7. The minimum absolute atomic E-state index is 0.0336. The minimum atomic E-state index is -0.263. The Bertz CT molecular complexity index is 569. The maximum Gasteiger partial charge on any atom is 0.244 e. The Morgan fingerprint density at radius 2 is 2.14 bits per heavy atom. The molecule has 0 radical (unpaired) electrons. The number of hydrogen-bond acceptors (Lipinski definition) is 4. The van der Waals surface area contributed by atoms with Crippen molar-refractivity contribution in [3.63, 3.8) is 0 Å². The van der Waals surface area contributed by atoms with Gasteiger partial charge in [-0.1, -0.05) is 0 Å². The van der Waals surface area contributed by atoms with Crippen LogP contribution in [0.5, 0.6) is 0 Å². The van der Waals surface area contributed by atoms with Gasteiger partial charge in [-0.3, -0.25) is 10.1 Å². The maximum atomic E-state index is 12.8. The van der Waals surface area contributed by atoms with Crippen LogP contribution in [0.3, 0.4) is 0 Å². The number of methoxy groups -OCH3 is 1. The molecule has 1 aliphatic heterocycles. The number of nitrogens with zero attached hydrogens (tertiary/aromatic N) is 1. The van der Waals surface area contributed by atoms with E-state index in [1.54, 1.807) is 18.4 Å². The molecule has 114 valence electrons. The van der Waals surface area contributed by atoms with Gasteiger partial charge in [0.05, 0.1) is 12.1 Å². The van der Waals surface area contributed by atoms with E-state index in [0.717, 1.165) is 32.2 Å². The normalized spacial score (nSPS) is 29.0. The van der Waals surface area contributed by atoms with E-state index >= 15 is 0 Å². The zero-order chi connectivity index (χ0) is 14.7. The fourth-order valence-electron chi connectivity index (χ4n) is 3.57. The molecule has 2 saturated carbocycles. The average Bonchev–Trinajstić information content (AvgIpc) is 3.02. The SMILES string of the molecule is COC1(CN2C(=O)C3(CC3)NC2c2ccc(C)s2)CCC1. The summed E-state index contributed by atoms with van der Waals surface area (Å²) in [7, 11) is 1.78. The van der Waals surface area contributed by atoms with E-state index in [1.807, 2.05) is 4.90 Å². The quantitative estimate of drug-likeness (QED) is 0.929. The predicted octanol–water partition coefficient (Wildman–Crippen LogP) is 2.59. The highest BCUT2D eigenvalue weighted by Crippen LogP contribution is 2.48. The van der Waals surface area contributed by atoms with Crippen LogP contribution in [0, 0.1) is 6.92 Å². The van der Waals surface area contributed by atoms with E-state index in [1.165, 1.54) is 16.2 Å². The standard InChI is InChI=1S/C16H22N2O2S/c1-11-4-5-12(21-11)13-17-16(8-9-16)14(19)18(13)10-15(20-2)6-3-7-15/h4-5,13,17H,3,6-10H2,1-2H3. The van der Waals surface area contributed by atoms with Gasteiger partial charge in [-0.25, -0.2) is 0 Å². The van der Waals surface area contributed by atoms with Crippen LogP contribution >= 0.6 is 11.3 Å². The number of hydrogen-bond donors (Lipinski definition) is 1. The fourth-order valence-corrected chi connectivity index (χ4v) is 4.52. The summed E-state index contributed by atoms with van der Waals surface area (Å²) in [6.07, 6.45) is 5.32.